The van der Waals surface area contributed by atoms with Crippen LogP contribution in [0.25, 0.3) is 0 Å². The third kappa shape index (κ3) is 7.34. The molecule has 0 unspecified atom stereocenters. The second-order valence-corrected chi connectivity index (χ2v) is 5.84. The summed E-state index contributed by atoms with van der Waals surface area (Å²) < 4.78 is 2.24. The zero-order chi connectivity index (χ0) is 13.9. The van der Waals surface area contributed by atoms with Gasteiger partial charge in [0, 0.05) is 11.1 Å². The Morgan fingerprint density at radius 3 is 1.63 bits per heavy atom. The molecule has 0 aromatic carbocycles. The van der Waals surface area contributed by atoms with Crippen LogP contribution in [0.4, 0.5) is 0 Å². The molecule has 0 fully saturated rings. The number of rotatable bonds is 10. The minimum Gasteiger partial charge on any atom is -0.207 e. The van der Waals surface area contributed by atoms with E-state index in [9.17, 15) is 0 Å². The van der Waals surface area contributed by atoms with E-state index >= 15 is 0 Å². The van der Waals surface area contributed by atoms with E-state index in [0.717, 1.165) is 0 Å². The maximum absolute atomic E-state index is 2.43. The zero-order valence-electron chi connectivity index (χ0n) is 13.3. The topological polar surface area (TPSA) is 3.88 Å². The van der Waals surface area contributed by atoms with Crippen molar-refractivity contribution in [2.24, 2.45) is 7.05 Å². The van der Waals surface area contributed by atoms with Gasteiger partial charge in [0.2, 0.25) is 0 Å². The molecule has 0 aliphatic rings. The van der Waals surface area contributed by atoms with Crippen molar-refractivity contribution in [2.45, 2.75) is 78.1 Å². The molecule has 0 amide bonds. The Balaban J connectivity index is 2.41. The molecule has 0 atom stereocenters. The second kappa shape index (κ2) is 10.00. The van der Waals surface area contributed by atoms with Crippen LogP contribution in [0.1, 0.15) is 76.3 Å². The summed E-state index contributed by atoms with van der Waals surface area (Å²) in [5, 5.41) is 0. The van der Waals surface area contributed by atoms with Crippen LogP contribution in [0, 0.1) is 0 Å². The number of aryl methyl sites for hydroxylation is 3. The molecule has 108 valence electrons. The summed E-state index contributed by atoms with van der Waals surface area (Å²) in [4.78, 5) is 0. The molecule has 1 heterocycles. The number of aromatic nitrogens is 1. The number of unbranched alkanes of at least 4 members (excludes halogenated alkanes) is 6. The van der Waals surface area contributed by atoms with E-state index in [1.165, 1.54) is 75.3 Å². The monoisotopic (exact) mass is 262 g/mol. The quantitative estimate of drug-likeness (QED) is 0.423. The van der Waals surface area contributed by atoms with E-state index < -0.39 is 0 Å². The number of hydrogen-bond donors (Lipinski definition) is 0. The molecule has 19 heavy (non-hydrogen) atoms. The predicted molar refractivity (Wildman–Crippen MR) is 83.3 cm³/mol. The highest BCUT2D eigenvalue weighted by atomic mass is 14.9. The van der Waals surface area contributed by atoms with Crippen LogP contribution in [0.3, 0.4) is 0 Å². The fourth-order valence-corrected chi connectivity index (χ4v) is 2.66. The van der Waals surface area contributed by atoms with Gasteiger partial charge in [-0.1, -0.05) is 52.4 Å². The summed E-state index contributed by atoms with van der Waals surface area (Å²) in [7, 11) is 2.16. The van der Waals surface area contributed by atoms with Crippen molar-refractivity contribution >= 4 is 0 Å². The van der Waals surface area contributed by atoms with Crippen molar-refractivity contribution in [2.75, 3.05) is 0 Å². The lowest BCUT2D eigenvalue weighted by Crippen LogP contribution is -2.28. The van der Waals surface area contributed by atoms with Crippen LogP contribution in [0.15, 0.2) is 18.5 Å². The molecule has 1 rings (SSSR count). The predicted octanol–water partition coefficient (Wildman–Crippen LogP) is 4.76. The van der Waals surface area contributed by atoms with Gasteiger partial charge in [0.1, 0.15) is 7.05 Å². The van der Waals surface area contributed by atoms with Gasteiger partial charge in [-0.15, -0.1) is 0 Å². The maximum Gasteiger partial charge on any atom is 0.171 e. The first-order valence-corrected chi connectivity index (χ1v) is 8.24. The summed E-state index contributed by atoms with van der Waals surface area (Å²) in [5.41, 5.74) is 3.04. The molecule has 0 N–H and O–H groups in total. The largest absolute Gasteiger partial charge is 0.207 e. The zero-order valence-corrected chi connectivity index (χ0v) is 13.3. The Kier molecular flexibility index (Phi) is 8.53. The molecular formula is C18H32N+. The molecule has 1 heteroatoms. The average Bonchev–Trinajstić information content (AvgIpc) is 2.39. The lowest BCUT2D eigenvalue weighted by atomic mass is 10.0. The summed E-state index contributed by atoms with van der Waals surface area (Å²) in [6.07, 6.45) is 17.9. The fourth-order valence-electron chi connectivity index (χ4n) is 2.66. The first-order chi connectivity index (χ1) is 9.26. The maximum atomic E-state index is 2.43. The van der Waals surface area contributed by atoms with E-state index in [1.807, 2.05) is 0 Å². The Bertz CT molecular complexity index is 313. The second-order valence-electron chi connectivity index (χ2n) is 5.84. The molecule has 0 radical (unpaired) electrons. The first-order valence-electron chi connectivity index (χ1n) is 8.24. The van der Waals surface area contributed by atoms with Crippen LogP contribution in [0.2, 0.25) is 0 Å². The van der Waals surface area contributed by atoms with Crippen LogP contribution in [0.5, 0.6) is 0 Å². The van der Waals surface area contributed by atoms with Crippen molar-refractivity contribution in [1.82, 2.24) is 0 Å². The van der Waals surface area contributed by atoms with Crippen LogP contribution in [-0.4, -0.2) is 0 Å². The third-order valence-electron chi connectivity index (χ3n) is 3.75. The van der Waals surface area contributed by atoms with Crippen molar-refractivity contribution in [3.05, 3.63) is 29.6 Å². The normalized spacial score (nSPS) is 10.9. The highest BCUT2D eigenvalue weighted by Crippen LogP contribution is 2.11. The summed E-state index contributed by atoms with van der Waals surface area (Å²) >= 11 is 0. The van der Waals surface area contributed by atoms with Crippen LogP contribution < -0.4 is 4.57 Å². The average molecular weight is 262 g/mol. The Morgan fingerprint density at radius 1 is 0.737 bits per heavy atom. The van der Waals surface area contributed by atoms with E-state index in [0.29, 0.717) is 0 Å². The summed E-state index contributed by atoms with van der Waals surface area (Å²) in [6, 6.07) is 2.43. The SMILES string of the molecule is CCCCCCc1cc(CCCCCC)c[n+](C)c1. The van der Waals surface area contributed by atoms with Gasteiger partial charge in [-0.25, -0.2) is 4.57 Å². The van der Waals surface area contributed by atoms with Gasteiger partial charge >= 0.3 is 0 Å². The summed E-state index contributed by atoms with van der Waals surface area (Å²) in [6.45, 7) is 4.55. The fraction of sp³-hybridized carbons (Fsp3) is 0.722. The molecule has 0 aliphatic carbocycles. The molecule has 0 bridgehead atoms. The van der Waals surface area contributed by atoms with Crippen LogP contribution >= 0.6 is 0 Å². The highest BCUT2D eigenvalue weighted by molar-refractivity contribution is 5.15. The molecule has 0 aliphatic heterocycles. The highest BCUT2D eigenvalue weighted by Gasteiger charge is 2.04. The Morgan fingerprint density at radius 2 is 1.21 bits per heavy atom. The minimum atomic E-state index is 1.25. The van der Waals surface area contributed by atoms with Gasteiger partial charge < -0.3 is 0 Å². The standard InChI is InChI=1S/C18H32N/c1-4-6-8-10-12-17-14-18(16-19(3)15-17)13-11-9-7-5-2/h14-16H,4-13H2,1-3H3/q+1. The number of hydrogen-bond acceptors (Lipinski definition) is 0. The van der Waals surface area contributed by atoms with Gasteiger partial charge in [0.25, 0.3) is 0 Å². The lowest BCUT2D eigenvalue weighted by Gasteiger charge is -2.04. The van der Waals surface area contributed by atoms with Crippen molar-refractivity contribution in [3.63, 3.8) is 0 Å². The first kappa shape index (κ1) is 16.2. The lowest BCUT2D eigenvalue weighted by molar-refractivity contribution is -0.672. The van der Waals surface area contributed by atoms with E-state index in [2.05, 4.69) is 43.9 Å². The molecule has 1 aromatic rings. The van der Waals surface area contributed by atoms with Gasteiger partial charge in [0.05, 0.1) is 0 Å². The van der Waals surface area contributed by atoms with Crippen molar-refractivity contribution in [3.8, 4) is 0 Å². The summed E-state index contributed by atoms with van der Waals surface area (Å²) in [5.74, 6) is 0. The van der Waals surface area contributed by atoms with Crippen molar-refractivity contribution in [1.29, 1.82) is 0 Å². The van der Waals surface area contributed by atoms with Gasteiger partial charge in [-0.3, -0.25) is 0 Å². The molecule has 1 nitrogen and oxygen atoms in total. The van der Waals surface area contributed by atoms with Crippen LogP contribution in [-0.2, 0) is 19.9 Å². The Hall–Kier alpha value is -0.850. The van der Waals surface area contributed by atoms with Gasteiger partial charge in [0.15, 0.2) is 12.4 Å². The molecule has 1 aromatic heterocycles. The minimum absolute atomic E-state index is 1.25. The van der Waals surface area contributed by atoms with E-state index in [4.69, 9.17) is 0 Å². The van der Waals surface area contributed by atoms with E-state index in [1.54, 1.807) is 0 Å². The van der Waals surface area contributed by atoms with Gasteiger partial charge in [-0.2, -0.15) is 0 Å². The smallest absolute Gasteiger partial charge is 0.171 e. The molecule has 0 saturated carbocycles. The third-order valence-corrected chi connectivity index (χ3v) is 3.75. The number of pyridine rings is 1. The van der Waals surface area contributed by atoms with E-state index in [-0.39, 0.29) is 0 Å². The molecular weight excluding hydrogens is 230 g/mol. The van der Waals surface area contributed by atoms with Gasteiger partial charge in [-0.05, 0) is 31.7 Å². The van der Waals surface area contributed by atoms with Crippen molar-refractivity contribution < 1.29 is 4.57 Å². The number of nitrogens with zero attached hydrogens (tertiary/aromatic N) is 1. The molecule has 0 spiro atoms. The Labute approximate surface area is 120 Å². The molecule has 0 saturated heterocycles.